The minimum Gasteiger partial charge on any atom is -0.367 e. The lowest BCUT2D eigenvalue weighted by Gasteiger charge is -2.10. The Labute approximate surface area is 107 Å². The van der Waals surface area contributed by atoms with Crippen molar-refractivity contribution in [1.82, 2.24) is 4.98 Å². The van der Waals surface area contributed by atoms with Gasteiger partial charge in [-0.1, -0.05) is 23.7 Å². The first-order valence-electron chi connectivity index (χ1n) is 5.25. The molecule has 3 rings (SSSR count). The highest BCUT2D eigenvalue weighted by atomic mass is 79.9. The summed E-state index contributed by atoms with van der Waals surface area (Å²) >= 11 is 9.74. The van der Waals surface area contributed by atoms with Crippen molar-refractivity contribution in [3.63, 3.8) is 0 Å². The molecular formula is C12H10BrClN2. The van der Waals surface area contributed by atoms with E-state index < -0.39 is 0 Å². The van der Waals surface area contributed by atoms with E-state index in [1.807, 2.05) is 24.4 Å². The summed E-state index contributed by atoms with van der Waals surface area (Å²) in [4.78, 5) is 4.40. The summed E-state index contributed by atoms with van der Waals surface area (Å²) in [6.07, 6.45) is 4.27. The van der Waals surface area contributed by atoms with Gasteiger partial charge in [0.1, 0.15) is 5.82 Å². The highest BCUT2D eigenvalue weighted by Crippen LogP contribution is 2.35. The molecule has 1 fully saturated rings. The quantitative estimate of drug-likeness (QED) is 0.897. The Bertz CT molecular complexity index is 552. The number of anilines is 1. The predicted molar refractivity (Wildman–Crippen MR) is 71.1 cm³/mol. The van der Waals surface area contributed by atoms with Crippen LogP contribution in [-0.4, -0.2) is 11.0 Å². The van der Waals surface area contributed by atoms with Crippen LogP contribution >= 0.6 is 27.5 Å². The van der Waals surface area contributed by atoms with Crippen LogP contribution < -0.4 is 5.32 Å². The lowest BCUT2D eigenvalue weighted by molar-refractivity contribution is 1.12. The fourth-order valence-electron chi connectivity index (χ4n) is 1.75. The summed E-state index contributed by atoms with van der Waals surface area (Å²) in [5.41, 5.74) is 0. The van der Waals surface area contributed by atoms with Crippen LogP contribution in [0.2, 0.25) is 5.02 Å². The van der Waals surface area contributed by atoms with E-state index in [2.05, 4.69) is 26.2 Å². The van der Waals surface area contributed by atoms with Gasteiger partial charge in [0.15, 0.2) is 0 Å². The lowest BCUT2D eigenvalue weighted by atomic mass is 10.1. The first-order chi connectivity index (χ1) is 7.75. The maximum absolute atomic E-state index is 6.24. The number of hydrogen-bond donors (Lipinski definition) is 1. The molecule has 2 aromatic rings. The number of hydrogen-bond acceptors (Lipinski definition) is 2. The van der Waals surface area contributed by atoms with Gasteiger partial charge in [-0.3, -0.25) is 0 Å². The number of benzene rings is 1. The number of aromatic nitrogens is 1. The molecule has 0 saturated heterocycles. The van der Waals surface area contributed by atoms with Crippen molar-refractivity contribution in [3.8, 4) is 0 Å². The van der Waals surface area contributed by atoms with Gasteiger partial charge in [0, 0.05) is 27.5 Å². The van der Waals surface area contributed by atoms with Crippen LogP contribution in [0, 0.1) is 0 Å². The van der Waals surface area contributed by atoms with E-state index >= 15 is 0 Å². The lowest BCUT2D eigenvalue weighted by Crippen LogP contribution is -2.03. The molecule has 2 nitrogen and oxygen atoms in total. The highest BCUT2D eigenvalue weighted by molar-refractivity contribution is 9.10. The number of nitrogens with zero attached hydrogens (tertiary/aromatic N) is 1. The molecule has 1 heterocycles. The minimum absolute atomic E-state index is 0.577. The molecule has 0 atom stereocenters. The van der Waals surface area contributed by atoms with Gasteiger partial charge in [0.25, 0.3) is 0 Å². The van der Waals surface area contributed by atoms with Crippen LogP contribution in [0.1, 0.15) is 12.8 Å². The molecule has 1 aliphatic carbocycles. The summed E-state index contributed by atoms with van der Waals surface area (Å²) in [6.45, 7) is 0. The SMILES string of the molecule is Clc1cccc2c(Br)cnc(NC3CC3)c12. The average molecular weight is 298 g/mol. The summed E-state index contributed by atoms with van der Waals surface area (Å²) in [5, 5.41) is 6.26. The molecule has 0 bridgehead atoms. The van der Waals surface area contributed by atoms with Crippen molar-refractivity contribution < 1.29 is 0 Å². The molecule has 82 valence electrons. The van der Waals surface area contributed by atoms with Gasteiger partial charge in [-0.05, 0) is 34.8 Å². The van der Waals surface area contributed by atoms with Crippen LogP contribution in [0.5, 0.6) is 0 Å². The molecule has 0 spiro atoms. The van der Waals surface area contributed by atoms with E-state index in [0.29, 0.717) is 6.04 Å². The predicted octanol–water partition coefficient (Wildman–Crippen LogP) is 4.23. The van der Waals surface area contributed by atoms with Gasteiger partial charge in [-0.2, -0.15) is 0 Å². The average Bonchev–Trinajstić information content (AvgIpc) is 3.07. The molecule has 0 amide bonds. The standard InChI is InChI=1S/C12H10BrClN2/c13-9-6-15-12(16-7-4-5-7)11-8(9)2-1-3-10(11)14/h1-3,6-7H,4-5H2,(H,15,16). The molecule has 1 aromatic carbocycles. The smallest absolute Gasteiger partial charge is 0.135 e. The van der Waals surface area contributed by atoms with Gasteiger partial charge in [0.2, 0.25) is 0 Å². The van der Waals surface area contributed by atoms with Crippen molar-refractivity contribution in [2.75, 3.05) is 5.32 Å². The molecular weight excluding hydrogens is 288 g/mol. The van der Waals surface area contributed by atoms with E-state index in [4.69, 9.17) is 11.6 Å². The van der Waals surface area contributed by atoms with Crippen LogP contribution in [0.15, 0.2) is 28.9 Å². The van der Waals surface area contributed by atoms with Gasteiger partial charge in [-0.25, -0.2) is 4.98 Å². The Hall–Kier alpha value is -0.800. The highest BCUT2D eigenvalue weighted by Gasteiger charge is 2.22. The topological polar surface area (TPSA) is 24.9 Å². The normalized spacial score (nSPS) is 15.4. The van der Waals surface area contributed by atoms with Crippen molar-refractivity contribution in [1.29, 1.82) is 0 Å². The Morgan fingerprint density at radius 1 is 1.38 bits per heavy atom. The minimum atomic E-state index is 0.577. The third kappa shape index (κ3) is 1.78. The second-order valence-corrected chi connectivity index (χ2v) is 5.30. The summed E-state index contributed by atoms with van der Waals surface area (Å²) in [6, 6.07) is 6.48. The van der Waals surface area contributed by atoms with Crippen LogP contribution in [0.4, 0.5) is 5.82 Å². The monoisotopic (exact) mass is 296 g/mol. The summed E-state index contributed by atoms with van der Waals surface area (Å²) in [7, 11) is 0. The van der Waals surface area contributed by atoms with Crippen LogP contribution in [0.3, 0.4) is 0 Å². The van der Waals surface area contributed by atoms with Crippen molar-refractivity contribution in [2.24, 2.45) is 0 Å². The third-order valence-electron chi connectivity index (χ3n) is 2.73. The maximum atomic E-state index is 6.24. The van der Waals surface area contributed by atoms with Gasteiger partial charge < -0.3 is 5.32 Å². The Morgan fingerprint density at radius 3 is 2.94 bits per heavy atom. The van der Waals surface area contributed by atoms with E-state index in [-0.39, 0.29) is 0 Å². The van der Waals surface area contributed by atoms with Crippen molar-refractivity contribution in [2.45, 2.75) is 18.9 Å². The Morgan fingerprint density at radius 2 is 2.19 bits per heavy atom. The Kier molecular flexibility index (Phi) is 2.52. The molecule has 0 unspecified atom stereocenters. The van der Waals surface area contributed by atoms with Crippen molar-refractivity contribution in [3.05, 3.63) is 33.9 Å². The number of halogens is 2. The molecule has 1 N–H and O–H groups in total. The van der Waals surface area contributed by atoms with Crippen LogP contribution in [-0.2, 0) is 0 Å². The van der Waals surface area contributed by atoms with Gasteiger partial charge in [-0.15, -0.1) is 0 Å². The van der Waals surface area contributed by atoms with E-state index in [1.165, 1.54) is 12.8 Å². The zero-order chi connectivity index (χ0) is 11.1. The van der Waals surface area contributed by atoms with Crippen LogP contribution in [0.25, 0.3) is 10.8 Å². The van der Waals surface area contributed by atoms with Crippen molar-refractivity contribution >= 4 is 44.1 Å². The molecule has 0 radical (unpaired) electrons. The van der Waals surface area contributed by atoms with E-state index in [9.17, 15) is 0 Å². The number of nitrogens with one attached hydrogen (secondary N) is 1. The molecule has 0 aliphatic heterocycles. The van der Waals surface area contributed by atoms with E-state index in [1.54, 1.807) is 0 Å². The maximum Gasteiger partial charge on any atom is 0.135 e. The first kappa shape index (κ1) is 10.4. The number of pyridine rings is 1. The zero-order valence-electron chi connectivity index (χ0n) is 8.50. The number of fused-ring (bicyclic) bond motifs is 1. The summed E-state index contributed by atoms with van der Waals surface area (Å²) < 4.78 is 0.978. The first-order valence-corrected chi connectivity index (χ1v) is 6.42. The Balaban J connectivity index is 2.23. The van der Waals surface area contributed by atoms with E-state index in [0.717, 1.165) is 26.1 Å². The largest absolute Gasteiger partial charge is 0.367 e. The zero-order valence-corrected chi connectivity index (χ0v) is 10.8. The third-order valence-corrected chi connectivity index (χ3v) is 3.68. The fraction of sp³-hybridized carbons (Fsp3) is 0.250. The molecule has 1 aromatic heterocycles. The fourth-order valence-corrected chi connectivity index (χ4v) is 2.45. The molecule has 16 heavy (non-hydrogen) atoms. The molecule has 1 saturated carbocycles. The number of rotatable bonds is 2. The molecule has 4 heteroatoms. The molecule has 1 aliphatic rings. The second-order valence-electron chi connectivity index (χ2n) is 4.04. The van der Waals surface area contributed by atoms with Gasteiger partial charge >= 0.3 is 0 Å². The van der Waals surface area contributed by atoms with Gasteiger partial charge in [0.05, 0.1) is 5.02 Å². The second kappa shape index (κ2) is 3.90. The summed E-state index contributed by atoms with van der Waals surface area (Å²) in [5.74, 6) is 0.895.